The summed E-state index contributed by atoms with van der Waals surface area (Å²) in [4.78, 5) is 26.4. The van der Waals surface area contributed by atoms with Gasteiger partial charge in [-0.1, -0.05) is 18.2 Å². The lowest BCUT2D eigenvalue weighted by molar-refractivity contribution is 0.0462. The molecule has 0 spiro atoms. The van der Waals surface area contributed by atoms with E-state index >= 15 is 0 Å². The van der Waals surface area contributed by atoms with Crippen LogP contribution in [-0.4, -0.2) is 20.9 Å². The molecule has 2 heterocycles. The molecule has 0 fully saturated rings. The quantitative estimate of drug-likeness (QED) is 0.677. The summed E-state index contributed by atoms with van der Waals surface area (Å²) in [5.74, 6) is 0.233. The first kappa shape index (κ1) is 16.8. The van der Waals surface area contributed by atoms with E-state index in [0.29, 0.717) is 11.5 Å². The lowest BCUT2D eigenvalue weighted by atomic mass is 10.2. The van der Waals surface area contributed by atoms with Gasteiger partial charge in [-0.2, -0.15) is 15.0 Å². The number of carbonyl (C=O) groups excluding carboxylic acids is 1. The summed E-state index contributed by atoms with van der Waals surface area (Å²) >= 11 is 1.55. The van der Waals surface area contributed by atoms with Crippen LogP contribution < -0.4 is 11.1 Å². The molecule has 0 aliphatic rings. The van der Waals surface area contributed by atoms with Crippen molar-refractivity contribution in [2.45, 2.75) is 20.5 Å². The largest absolute Gasteiger partial charge is 0.454 e. The minimum Gasteiger partial charge on any atom is -0.454 e. The first-order valence-electron chi connectivity index (χ1n) is 7.58. The van der Waals surface area contributed by atoms with Crippen LogP contribution in [0.5, 0.6) is 0 Å². The number of thiophene rings is 1. The fourth-order valence-electron chi connectivity index (χ4n) is 2.25. The third-order valence-corrected chi connectivity index (χ3v) is 4.29. The van der Waals surface area contributed by atoms with E-state index in [0.717, 1.165) is 15.4 Å². The number of hydrogen-bond donors (Lipinski definition) is 2. The second-order valence-corrected chi connectivity index (χ2v) is 6.79. The lowest BCUT2D eigenvalue weighted by Crippen LogP contribution is -2.11. The molecule has 7 nitrogen and oxygen atoms in total. The Morgan fingerprint density at radius 1 is 1.20 bits per heavy atom. The Kier molecular flexibility index (Phi) is 4.90. The summed E-state index contributed by atoms with van der Waals surface area (Å²) in [7, 11) is 0. The molecule has 0 bridgehead atoms. The number of esters is 1. The second-order valence-electron chi connectivity index (χ2n) is 5.33. The number of para-hydroxylation sites is 1. The molecule has 3 rings (SSSR count). The van der Waals surface area contributed by atoms with Crippen LogP contribution in [0.15, 0.2) is 36.4 Å². The molecule has 0 saturated carbocycles. The maximum absolute atomic E-state index is 12.2. The molecule has 0 aliphatic heterocycles. The number of aromatic nitrogens is 3. The third kappa shape index (κ3) is 4.30. The summed E-state index contributed by atoms with van der Waals surface area (Å²) in [6.07, 6.45) is 0. The Hall–Kier alpha value is -3.00. The fraction of sp³-hybridized carbons (Fsp3) is 0.176. The van der Waals surface area contributed by atoms with Crippen molar-refractivity contribution in [3.63, 3.8) is 0 Å². The molecular weight excluding hydrogens is 338 g/mol. The van der Waals surface area contributed by atoms with E-state index in [9.17, 15) is 4.79 Å². The Morgan fingerprint density at radius 3 is 2.64 bits per heavy atom. The lowest BCUT2D eigenvalue weighted by Gasteiger charge is -2.08. The van der Waals surface area contributed by atoms with Crippen LogP contribution in [0.3, 0.4) is 0 Å². The summed E-state index contributed by atoms with van der Waals surface area (Å²) in [5.41, 5.74) is 7.10. The predicted octanol–water partition coefficient (Wildman–Crippen LogP) is 3.23. The number of nitrogens with zero attached hydrogens (tertiary/aromatic N) is 3. The molecule has 3 aromatic rings. The van der Waals surface area contributed by atoms with Crippen LogP contribution in [-0.2, 0) is 11.3 Å². The standard InChI is InChI=1S/C17H17N5O2S/c1-10-8-13(11(2)25-10)15(23)24-9-14-20-16(18)22-17(21-14)19-12-6-4-3-5-7-12/h3-8H,9H2,1-2H3,(H3,18,19,20,21,22). The minimum atomic E-state index is -0.404. The van der Waals surface area contributed by atoms with Crippen LogP contribution in [0.1, 0.15) is 25.9 Å². The van der Waals surface area contributed by atoms with Crippen LogP contribution in [0.4, 0.5) is 17.6 Å². The topological polar surface area (TPSA) is 103 Å². The van der Waals surface area contributed by atoms with Crippen molar-refractivity contribution in [3.8, 4) is 0 Å². The first-order valence-corrected chi connectivity index (χ1v) is 8.39. The van der Waals surface area contributed by atoms with Gasteiger partial charge in [0.05, 0.1) is 5.56 Å². The molecular formula is C17H17N5O2S. The highest BCUT2D eigenvalue weighted by molar-refractivity contribution is 7.12. The van der Waals surface area contributed by atoms with E-state index in [1.807, 2.05) is 50.2 Å². The van der Waals surface area contributed by atoms with Gasteiger partial charge >= 0.3 is 5.97 Å². The molecule has 128 valence electrons. The summed E-state index contributed by atoms with van der Waals surface area (Å²) < 4.78 is 5.30. The van der Waals surface area contributed by atoms with E-state index in [-0.39, 0.29) is 18.4 Å². The predicted molar refractivity (Wildman–Crippen MR) is 96.9 cm³/mol. The zero-order valence-electron chi connectivity index (χ0n) is 13.8. The number of rotatable bonds is 5. The molecule has 2 aromatic heterocycles. The maximum Gasteiger partial charge on any atom is 0.339 e. The molecule has 25 heavy (non-hydrogen) atoms. The molecule has 0 radical (unpaired) electrons. The highest BCUT2D eigenvalue weighted by Gasteiger charge is 2.15. The highest BCUT2D eigenvalue weighted by atomic mass is 32.1. The van der Waals surface area contributed by atoms with E-state index in [2.05, 4.69) is 20.3 Å². The average molecular weight is 355 g/mol. The van der Waals surface area contributed by atoms with Crippen molar-refractivity contribution in [1.82, 2.24) is 15.0 Å². The number of hydrogen-bond acceptors (Lipinski definition) is 8. The number of nitrogens with one attached hydrogen (secondary N) is 1. The number of nitrogen functional groups attached to an aromatic ring is 1. The SMILES string of the molecule is Cc1cc(C(=O)OCc2nc(N)nc(Nc3ccccc3)n2)c(C)s1. The fourth-order valence-corrected chi connectivity index (χ4v) is 3.16. The smallest absolute Gasteiger partial charge is 0.339 e. The molecule has 0 saturated heterocycles. The van der Waals surface area contributed by atoms with Gasteiger partial charge < -0.3 is 15.8 Å². The van der Waals surface area contributed by atoms with Gasteiger partial charge in [0.1, 0.15) is 0 Å². The van der Waals surface area contributed by atoms with Crippen molar-refractivity contribution in [2.75, 3.05) is 11.1 Å². The van der Waals surface area contributed by atoms with Gasteiger partial charge in [-0.25, -0.2) is 4.79 Å². The van der Waals surface area contributed by atoms with Crippen LogP contribution in [0.2, 0.25) is 0 Å². The summed E-state index contributed by atoms with van der Waals surface area (Å²) in [6.45, 7) is 3.75. The zero-order chi connectivity index (χ0) is 17.8. The Bertz CT molecular complexity index is 895. The highest BCUT2D eigenvalue weighted by Crippen LogP contribution is 2.21. The van der Waals surface area contributed by atoms with E-state index in [1.165, 1.54) is 0 Å². The van der Waals surface area contributed by atoms with Gasteiger partial charge in [0.2, 0.25) is 11.9 Å². The zero-order valence-corrected chi connectivity index (χ0v) is 14.6. The average Bonchev–Trinajstić information content (AvgIpc) is 2.91. The first-order chi connectivity index (χ1) is 12.0. The third-order valence-electron chi connectivity index (χ3n) is 3.32. The van der Waals surface area contributed by atoms with Gasteiger partial charge in [-0.3, -0.25) is 0 Å². The van der Waals surface area contributed by atoms with Crippen molar-refractivity contribution in [3.05, 3.63) is 57.5 Å². The molecule has 3 N–H and O–H groups in total. The Labute approximate surface area is 148 Å². The van der Waals surface area contributed by atoms with E-state index in [1.54, 1.807) is 11.3 Å². The van der Waals surface area contributed by atoms with Gasteiger partial charge in [0.25, 0.3) is 0 Å². The van der Waals surface area contributed by atoms with Gasteiger partial charge in [0.15, 0.2) is 12.4 Å². The number of aryl methyl sites for hydroxylation is 2. The van der Waals surface area contributed by atoms with Crippen molar-refractivity contribution < 1.29 is 9.53 Å². The Morgan fingerprint density at radius 2 is 1.96 bits per heavy atom. The van der Waals surface area contributed by atoms with E-state index < -0.39 is 5.97 Å². The number of anilines is 3. The monoisotopic (exact) mass is 355 g/mol. The van der Waals surface area contributed by atoms with Crippen molar-refractivity contribution in [1.29, 1.82) is 0 Å². The summed E-state index contributed by atoms with van der Waals surface area (Å²) in [6, 6.07) is 11.3. The Balaban J connectivity index is 1.70. The van der Waals surface area contributed by atoms with Crippen LogP contribution in [0.25, 0.3) is 0 Å². The molecule has 0 aliphatic carbocycles. The van der Waals surface area contributed by atoms with Crippen LogP contribution in [0, 0.1) is 13.8 Å². The molecule has 8 heteroatoms. The van der Waals surface area contributed by atoms with Crippen molar-refractivity contribution >= 4 is 34.9 Å². The number of ether oxygens (including phenoxy) is 1. The molecule has 0 amide bonds. The maximum atomic E-state index is 12.2. The van der Waals surface area contributed by atoms with Gasteiger partial charge in [-0.05, 0) is 32.0 Å². The molecule has 0 unspecified atom stereocenters. The number of benzene rings is 1. The van der Waals surface area contributed by atoms with E-state index in [4.69, 9.17) is 10.5 Å². The molecule has 1 aromatic carbocycles. The van der Waals surface area contributed by atoms with Gasteiger partial charge in [0, 0.05) is 15.4 Å². The van der Waals surface area contributed by atoms with Crippen molar-refractivity contribution in [2.24, 2.45) is 0 Å². The summed E-state index contributed by atoms with van der Waals surface area (Å²) in [5, 5.41) is 3.04. The second kappa shape index (κ2) is 7.27. The number of carbonyl (C=O) groups is 1. The van der Waals surface area contributed by atoms with Crippen LogP contribution >= 0.6 is 11.3 Å². The van der Waals surface area contributed by atoms with Gasteiger partial charge in [-0.15, -0.1) is 11.3 Å². The number of nitrogens with two attached hydrogens (primary N) is 1. The minimum absolute atomic E-state index is 0.0574. The normalized spacial score (nSPS) is 10.5. The molecule has 0 atom stereocenters.